The third-order valence-corrected chi connectivity index (χ3v) is 4.78. The minimum atomic E-state index is 0.579. The molecule has 1 saturated carbocycles. The summed E-state index contributed by atoms with van der Waals surface area (Å²) in [6.45, 7) is 0.579. The van der Waals surface area contributed by atoms with Crippen molar-refractivity contribution in [2.75, 3.05) is 0 Å². The van der Waals surface area contributed by atoms with Gasteiger partial charge in [-0.15, -0.1) is 11.8 Å². The summed E-state index contributed by atoms with van der Waals surface area (Å²) in [4.78, 5) is 1.32. The molecule has 0 saturated heterocycles. The molecule has 0 heterocycles. The first-order valence-electron chi connectivity index (χ1n) is 5.95. The van der Waals surface area contributed by atoms with Crippen molar-refractivity contribution in [3.05, 3.63) is 28.8 Å². The molecular weight excluding hydrogens is 238 g/mol. The van der Waals surface area contributed by atoms with Crippen LogP contribution >= 0.6 is 23.4 Å². The monoisotopic (exact) mass is 255 g/mol. The van der Waals surface area contributed by atoms with Crippen LogP contribution in [0.25, 0.3) is 0 Å². The molecule has 0 radical (unpaired) electrons. The van der Waals surface area contributed by atoms with Gasteiger partial charge in [-0.2, -0.15) is 0 Å². The van der Waals surface area contributed by atoms with Crippen LogP contribution in [0.3, 0.4) is 0 Å². The summed E-state index contributed by atoms with van der Waals surface area (Å²) in [6.07, 6.45) is 6.85. The smallest absolute Gasteiger partial charge is 0.0410 e. The topological polar surface area (TPSA) is 26.0 Å². The van der Waals surface area contributed by atoms with Crippen LogP contribution in [0.1, 0.15) is 37.7 Å². The lowest BCUT2D eigenvalue weighted by Crippen LogP contribution is -2.09. The lowest BCUT2D eigenvalue weighted by Gasteiger charge is -2.22. The highest BCUT2D eigenvalue weighted by Crippen LogP contribution is 2.35. The molecule has 0 bridgehead atoms. The van der Waals surface area contributed by atoms with Gasteiger partial charge in [0.1, 0.15) is 0 Å². The second-order valence-corrected chi connectivity index (χ2v) is 6.11. The zero-order valence-corrected chi connectivity index (χ0v) is 11.0. The van der Waals surface area contributed by atoms with E-state index in [0.29, 0.717) is 6.54 Å². The standard InChI is InChI=1S/C13H18ClNS/c14-11-6-7-13(10(8-11)9-15)16-12-4-2-1-3-5-12/h6-8,12H,1-5,9,15H2. The molecule has 2 N–H and O–H groups in total. The molecule has 1 aliphatic carbocycles. The Balaban J connectivity index is 2.07. The van der Waals surface area contributed by atoms with E-state index < -0.39 is 0 Å². The highest BCUT2D eigenvalue weighted by molar-refractivity contribution is 8.00. The van der Waals surface area contributed by atoms with E-state index >= 15 is 0 Å². The maximum absolute atomic E-state index is 5.97. The zero-order valence-electron chi connectivity index (χ0n) is 9.42. The Labute approximate surface area is 107 Å². The summed E-state index contributed by atoms with van der Waals surface area (Å²) in [6, 6.07) is 6.07. The average Bonchev–Trinajstić information content (AvgIpc) is 2.33. The quantitative estimate of drug-likeness (QED) is 0.875. The predicted octanol–water partition coefficient (Wildman–Crippen LogP) is 4.22. The molecule has 0 unspecified atom stereocenters. The zero-order chi connectivity index (χ0) is 11.4. The van der Waals surface area contributed by atoms with E-state index in [-0.39, 0.29) is 0 Å². The number of thioether (sulfide) groups is 1. The molecule has 1 aromatic carbocycles. The normalized spacial score (nSPS) is 17.6. The maximum Gasteiger partial charge on any atom is 0.0410 e. The molecule has 0 atom stereocenters. The molecule has 0 amide bonds. The highest BCUT2D eigenvalue weighted by Gasteiger charge is 2.15. The van der Waals surface area contributed by atoms with Gasteiger partial charge >= 0.3 is 0 Å². The molecule has 1 aliphatic rings. The average molecular weight is 256 g/mol. The number of nitrogens with two attached hydrogens (primary N) is 1. The number of benzene rings is 1. The second kappa shape index (κ2) is 5.95. The van der Waals surface area contributed by atoms with Crippen molar-refractivity contribution < 1.29 is 0 Å². The van der Waals surface area contributed by atoms with E-state index in [4.69, 9.17) is 17.3 Å². The maximum atomic E-state index is 5.97. The first-order chi connectivity index (χ1) is 7.79. The molecule has 0 spiro atoms. The Bertz CT molecular complexity index is 348. The van der Waals surface area contributed by atoms with Gasteiger partial charge in [0, 0.05) is 21.7 Å². The molecule has 88 valence electrons. The van der Waals surface area contributed by atoms with Crippen LogP contribution in [0.4, 0.5) is 0 Å². The predicted molar refractivity (Wildman–Crippen MR) is 72.1 cm³/mol. The van der Waals surface area contributed by atoms with Gasteiger partial charge in [0.15, 0.2) is 0 Å². The summed E-state index contributed by atoms with van der Waals surface area (Å²) < 4.78 is 0. The van der Waals surface area contributed by atoms with E-state index in [1.54, 1.807) is 0 Å². The molecule has 1 fully saturated rings. The fourth-order valence-electron chi connectivity index (χ4n) is 2.19. The van der Waals surface area contributed by atoms with Crippen molar-refractivity contribution in [2.45, 2.75) is 48.8 Å². The molecule has 16 heavy (non-hydrogen) atoms. The van der Waals surface area contributed by atoms with Gasteiger partial charge in [-0.1, -0.05) is 30.9 Å². The van der Waals surface area contributed by atoms with Crippen LogP contribution in [-0.4, -0.2) is 5.25 Å². The molecule has 0 aliphatic heterocycles. The van der Waals surface area contributed by atoms with Crippen LogP contribution in [0, 0.1) is 0 Å². The van der Waals surface area contributed by atoms with Crippen LogP contribution in [0.15, 0.2) is 23.1 Å². The van der Waals surface area contributed by atoms with Crippen molar-refractivity contribution >= 4 is 23.4 Å². The van der Waals surface area contributed by atoms with Crippen molar-refractivity contribution in [1.29, 1.82) is 0 Å². The molecule has 3 heteroatoms. The van der Waals surface area contributed by atoms with Gasteiger partial charge < -0.3 is 5.73 Å². The fourth-order valence-corrected chi connectivity index (χ4v) is 3.75. The van der Waals surface area contributed by atoms with Gasteiger partial charge in [0.2, 0.25) is 0 Å². The molecular formula is C13H18ClNS. The lowest BCUT2D eigenvalue weighted by molar-refractivity contribution is 0.516. The molecule has 2 rings (SSSR count). The number of hydrogen-bond donors (Lipinski definition) is 1. The van der Waals surface area contributed by atoms with E-state index in [1.807, 2.05) is 23.9 Å². The van der Waals surface area contributed by atoms with Crippen molar-refractivity contribution in [3.63, 3.8) is 0 Å². The van der Waals surface area contributed by atoms with Crippen molar-refractivity contribution in [3.8, 4) is 0 Å². The van der Waals surface area contributed by atoms with Crippen molar-refractivity contribution in [1.82, 2.24) is 0 Å². The van der Waals surface area contributed by atoms with Crippen LogP contribution in [-0.2, 0) is 6.54 Å². The molecule has 1 aromatic rings. The van der Waals surface area contributed by atoms with Gasteiger partial charge in [-0.25, -0.2) is 0 Å². The third kappa shape index (κ3) is 3.16. The van der Waals surface area contributed by atoms with E-state index in [1.165, 1.54) is 42.6 Å². The van der Waals surface area contributed by atoms with E-state index in [2.05, 4.69) is 6.07 Å². The minimum absolute atomic E-state index is 0.579. The number of halogens is 1. The fraction of sp³-hybridized carbons (Fsp3) is 0.538. The van der Waals surface area contributed by atoms with Crippen molar-refractivity contribution in [2.24, 2.45) is 5.73 Å². The molecule has 0 aromatic heterocycles. The van der Waals surface area contributed by atoms with Crippen LogP contribution < -0.4 is 5.73 Å². The van der Waals surface area contributed by atoms with E-state index in [9.17, 15) is 0 Å². The SMILES string of the molecule is NCc1cc(Cl)ccc1SC1CCCCC1. The summed E-state index contributed by atoms with van der Waals surface area (Å²) in [5.74, 6) is 0. The number of hydrogen-bond acceptors (Lipinski definition) is 2. The Morgan fingerprint density at radius 3 is 2.69 bits per heavy atom. The summed E-state index contributed by atoms with van der Waals surface area (Å²) in [5, 5.41) is 1.56. The van der Waals surface area contributed by atoms with Crippen LogP contribution in [0.2, 0.25) is 5.02 Å². The minimum Gasteiger partial charge on any atom is -0.326 e. The first kappa shape index (κ1) is 12.3. The van der Waals surface area contributed by atoms with Gasteiger partial charge in [0.05, 0.1) is 0 Å². The Morgan fingerprint density at radius 2 is 2.00 bits per heavy atom. The first-order valence-corrected chi connectivity index (χ1v) is 7.20. The lowest BCUT2D eigenvalue weighted by atomic mass is 10.0. The summed E-state index contributed by atoms with van der Waals surface area (Å²) >= 11 is 7.96. The largest absolute Gasteiger partial charge is 0.326 e. The van der Waals surface area contributed by atoms with Gasteiger partial charge in [-0.05, 0) is 36.6 Å². The van der Waals surface area contributed by atoms with E-state index in [0.717, 1.165) is 10.3 Å². The summed E-state index contributed by atoms with van der Waals surface area (Å²) in [5.41, 5.74) is 6.94. The van der Waals surface area contributed by atoms with Gasteiger partial charge in [-0.3, -0.25) is 0 Å². The second-order valence-electron chi connectivity index (χ2n) is 4.33. The number of rotatable bonds is 3. The van der Waals surface area contributed by atoms with Gasteiger partial charge in [0.25, 0.3) is 0 Å². The Kier molecular flexibility index (Phi) is 4.56. The summed E-state index contributed by atoms with van der Waals surface area (Å²) in [7, 11) is 0. The molecule has 1 nitrogen and oxygen atoms in total. The van der Waals surface area contributed by atoms with Crippen LogP contribution in [0.5, 0.6) is 0 Å². The Morgan fingerprint density at radius 1 is 1.25 bits per heavy atom. The third-order valence-electron chi connectivity index (χ3n) is 3.09. The Hall–Kier alpha value is -0.180. The highest BCUT2D eigenvalue weighted by atomic mass is 35.5.